The summed E-state index contributed by atoms with van der Waals surface area (Å²) in [6.45, 7) is 1.64. The van der Waals surface area contributed by atoms with E-state index in [2.05, 4.69) is 5.32 Å². The summed E-state index contributed by atoms with van der Waals surface area (Å²) in [4.78, 5) is 12.3. The zero-order chi connectivity index (χ0) is 19.1. The highest BCUT2D eigenvalue weighted by Crippen LogP contribution is 2.34. The molecule has 0 bridgehead atoms. The van der Waals surface area contributed by atoms with Crippen LogP contribution in [0.2, 0.25) is 0 Å². The molecule has 0 spiro atoms. The largest absolute Gasteiger partial charge is 0.497 e. The second-order valence-electron chi connectivity index (χ2n) is 6.64. The van der Waals surface area contributed by atoms with Gasteiger partial charge in [0.1, 0.15) is 17.3 Å². The van der Waals surface area contributed by atoms with Crippen molar-refractivity contribution in [2.24, 2.45) is 0 Å². The SMILES string of the molecule is COc1ccc(OCC(=O)NCC2(c3ccc(F)cc3)CCOCC2)cc1. The van der Waals surface area contributed by atoms with Crippen LogP contribution in [0.1, 0.15) is 18.4 Å². The normalized spacial score (nSPS) is 15.8. The average molecular weight is 373 g/mol. The second kappa shape index (κ2) is 8.86. The lowest BCUT2D eigenvalue weighted by Gasteiger charge is -2.38. The third kappa shape index (κ3) is 4.98. The Balaban J connectivity index is 1.57. The maximum absolute atomic E-state index is 13.3. The van der Waals surface area contributed by atoms with E-state index in [9.17, 15) is 9.18 Å². The van der Waals surface area contributed by atoms with Gasteiger partial charge in [0.05, 0.1) is 7.11 Å². The van der Waals surface area contributed by atoms with Crippen LogP contribution in [0.5, 0.6) is 11.5 Å². The van der Waals surface area contributed by atoms with Crippen LogP contribution >= 0.6 is 0 Å². The van der Waals surface area contributed by atoms with Crippen LogP contribution in [-0.4, -0.2) is 39.4 Å². The molecule has 0 unspecified atom stereocenters. The lowest BCUT2D eigenvalue weighted by molar-refractivity contribution is -0.123. The number of hydrogen-bond donors (Lipinski definition) is 1. The van der Waals surface area contributed by atoms with Gasteiger partial charge in [0.25, 0.3) is 5.91 Å². The van der Waals surface area contributed by atoms with E-state index in [1.54, 1.807) is 43.5 Å². The van der Waals surface area contributed by atoms with Gasteiger partial charge in [-0.3, -0.25) is 4.79 Å². The minimum atomic E-state index is -0.266. The highest BCUT2D eigenvalue weighted by Gasteiger charge is 2.34. The first kappa shape index (κ1) is 19.2. The van der Waals surface area contributed by atoms with E-state index in [4.69, 9.17) is 14.2 Å². The zero-order valence-corrected chi connectivity index (χ0v) is 15.4. The summed E-state index contributed by atoms with van der Waals surface area (Å²) < 4.78 is 29.4. The van der Waals surface area contributed by atoms with Gasteiger partial charge in [-0.2, -0.15) is 0 Å². The summed E-state index contributed by atoms with van der Waals surface area (Å²) >= 11 is 0. The van der Waals surface area contributed by atoms with Gasteiger partial charge in [0.15, 0.2) is 6.61 Å². The van der Waals surface area contributed by atoms with Gasteiger partial charge in [0.2, 0.25) is 0 Å². The quantitative estimate of drug-likeness (QED) is 0.810. The Hall–Kier alpha value is -2.60. The molecule has 1 aliphatic heterocycles. The van der Waals surface area contributed by atoms with E-state index in [0.29, 0.717) is 25.5 Å². The van der Waals surface area contributed by atoms with Crippen molar-refractivity contribution < 1.29 is 23.4 Å². The fraction of sp³-hybridized carbons (Fsp3) is 0.381. The molecule has 5 nitrogen and oxygen atoms in total. The van der Waals surface area contributed by atoms with Crippen molar-refractivity contribution in [2.45, 2.75) is 18.3 Å². The monoisotopic (exact) mass is 373 g/mol. The topological polar surface area (TPSA) is 56.8 Å². The van der Waals surface area contributed by atoms with Crippen LogP contribution in [0.4, 0.5) is 4.39 Å². The van der Waals surface area contributed by atoms with Crippen LogP contribution in [-0.2, 0) is 14.9 Å². The smallest absolute Gasteiger partial charge is 0.257 e. The molecule has 1 N–H and O–H groups in total. The Morgan fingerprint density at radius 2 is 1.70 bits per heavy atom. The summed E-state index contributed by atoms with van der Waals surface area (Å²) in [6, 6.07) is 13.6. The molecule has 0 saturated carbocycles. The zero-order valence-electron chi connectivity index (χ0n) is 15.4. The molecule has 3 rings (SSSR count). The highest BCUT2D eigenvalue weighted by molar-refractivity contribution is 5.77. The van der Waals surface area contributed by atoms with E-state index < -0.39 is 0 Å². The van der Waals surface area contributed by atoms with Crippen molar-refractivity contribution in [3.8, 4) is 11.5 Å². The molecule has 6 heteroatoms. The Labute approximate surface area is 158 Å². The molecule has 144 valence electrons. The Bertz CT molecular complexity index is 740. The van der Waals surface area contributed by atoms with Crippen LogP contribution in [0.25, 0.3) is 0 Å². The molecule has 1 aliphatic rings. The van der Waals surface area contributed by atoms with Crippen LogP contribution in [0.15, 0.2) is 48.5 Å². The number of methoxy groups -OCH3 is 1. The third-order valence-electron chi connectivity index (χ3n) is 4.96. The molecule has 0 aromatic heterocycles. The highest BCUT2D eigenvalue weighted by atomic mass is 19.1. The molecule has 1 saturated heterocycles. The molecule has 0 aliphatic carbocycles. The molecule has 27 heavy (non-hydrogen) atoms. The van der Waals surface area contributed by atoms with E-state index in [1.165, 1.54) is 12.1 Å². The summed E-state index contributed by atoms with van der Waals surface area (Å²) in [5.74, 6) is 0.870. The molecule has 1 fully saturated rings. The van der Waals surface area contributed by atoms with Gasteiger partial charge < -0.3 is 19.5 Å². The lowest BCUT2D eigenvalue weighted by Crippen LogP contribution is -2.45. The summed E-state index contributed by atoms with van der Waals surface area (Å²) in [5, 5.41) is 2.96. The van der Waals surface area contributed by atoms with Gasteiger partial charge in [0, 0.05) is 25.2 Å². The predicted octanol–water partition coefficient (Wildman–Crippen LogP) is 3.08. The van der Waals surface area contributed by atoms with Gasteiger partial charge in [-0.15, -0.1) is 0 Å². The molecule has 0 atom stereocenters. The fourth-order valence-corrected chi connectivity index (χ4v) is 3.27. The molecule has 2 aromatic carbocycles. The summed E-state index contributed by atoms with van der Waals surface area (Å²) in [7, 11) is 1.59. The molecule has 1 amide bonds. The molecule has 0 radical (unpaired) electrons. The van der Waals surface area contributed by atoms with Crippen molar-refractivity contribution in [1.29, 1.82) is 0 Å². The first-order valence-electron chi connectivity index (χ1n) is 8.99. The Morgan fingerprint density at radius 1 is 1.07 bits per heavy atom. The average Bonchev–Trinajstić information content (AvgIpc) is 2.72. The fourth-order valence-electron chi connectivity index (χ4n) is 3.27. The second-order valence-corrected chi connectivity index (χ2v) is 6.64. The number of carbonyl (C=O) groups is 1. The first-order chi connectivity index (χ1) is 13.1. The van der Waals surface area contributed by atoms with E-state index in [-0.39, 0.29) is 23.7 Å². The van der Waals surface area contributed by atoms with E-state index in [0.717, 1.165) is 24.2 Å². The number of nitrogens with one attached hydrogen (secondary N) is 1. The number of carbonyl (C=O) groups excluding carboxylic acids is 1. The van der Waals surface area contributed by atoms with Crippen molar-refractivity contribution in [3.05, 3.63) is 59.9 Å². The maximum Gasteiger partial charge on any atom is 0.257 e. The standard InChI is InChI=1S/C21H24FNO4/c1-25-18-6-8-19(9-7-18)27-14-20(24)23-15-21(10-12-26-13-11-21)16-2-4-17(22)5-3-16/h2-9H,10-15H2,1H3,(H,23,24). The van der Waals surface area contributed by atoms with Crippen molar-refractivity contribution in [2.75, 3.05) is 33.5 Å². The lowest BCUT2D eigenvalue weighted by atomic mass is 9.74. The van der Waals surface area contributed by atoms with Crippen LogP contribution < -0.4 is 14.8 Å². The number of rotatable bonds is 7. The Kier molecular flexibility index (Phi) is 6.29. The summed E-state index contributed by atoms with van der Waals surface area (Å²) in [6.07, 6.45) is 1.55. The number of hydrogen-bond acceptors (Lipinski definition) is 4. The molecular formula is C21H24FNO4. The van der Waals surface area contributed by atoms with Crippen molar-refractivity contribution >= 4 is 5.91 Å². The van der Waals surface area contributed by atoms with Gasteiger partial charge in [-0.1, -0.05) is 12.1 Å². The maximum atomic E-state index is 13.3. The molecular weight excluding hydrogens is 349 g/mol. The van der Waals surface area contributed by atoms with Gasteiger partial charge >= 0.3 is 0 Å². The Morgan fingerprint density at radius 3 is 2.33 bits per heavy atom. The van der Waals surface area contributed by atoms with Crippen LogP contribution in [0, 0.1) is 5.82 Å². The predicted molar refractivity (Wildman–Crippen MR) is 99.6 cm³/mol. The minimum Gasteiger partial charge on any atom is -0.497 e. The van der Waals surface area contributed by atoms with Gasteiger partial charge in [-0.05, 0) is 54.8 Å². The van der Waals surface area contributed by atoms with Gasteiger partial charge in [-0.25, -0.2) is 4.39 Å². The number of halogens is 1. The van der Waals surface area contributed by atoms with Crippen molar-refractivity contribution in [1.82, 2.24) is 5.32 Å². The molecule has 2 aromatic rings. The van der Waals surface area contributed by atoms with E-state index >= 15 is 0 Å². The summed E-state index contributed by atoms with van der Waals surface area (Å²) in [5.41, 5.74) is 0.769. The third-order valence-corrected chi connectivity index (χ3v) is 4.96. The molecule has 1 heterocycles. The first-order valence-corrected chi connectivity index (χ1v) is 8.99. The minimum absolute atomic E-state index is 0.0671. The van der Waals surface area contributed by atoms with Crippen molar-refractivity contribution in [3.63, 3.8) is 0 Å². The number of amides is 1. The number of benzene rings is 2. The van der Waals surface area contributed by atoms with E-state index in [1.807, 2.05) is 0 Å². The van der Waals surface area contributed by atoms with Crippen LogP contribution in [0.3, 0.4) is 0 Å². The number of ether oxygens (including phenoxy) is 3.